The largest absolute Gasteiger partial charge is 0.352 e. The second-order valence-electron chi connectivity index (χ2n) is 4.55. The Labute approximate surface area is 133 Å². The quantitative estimate of drug-likeness (QED) is 0.809. The molecule has 0 radical (unpaired) electrons. The maximum atomic E-state index is 11.6. The Morgan fingerprint density at radius 3 is 3.05 bits per heavy atom. The molecule has 2 rings (SSSR count). The van der Waals surface area contributed by atoms with E-state index in [-0.39, 0.29) is 24.4 Å². The van der Waals surface area contributed by atoms with E-state index < -0.39 is 0 Å². The van der Waals surface area contributed by atoms with Crippen LogP contribution in [0.2, 0.25) is 0 Å². The molecule has 116 valence electrons. The number of aromatic nitrogens is 2. The number of nitrogens with one attached hydrogen (secondary N) is 1. The molecule has 21 heavy (non-hydrogen) atoms. The van der Waals surface area contributed by atoms with Crippen LogP contribution in [-0.4, -0.2) is 28.6 Å². The van der Waals surface area contributed by atoms with Gasteiger partial charge in [-0.2, -0.15) is 4.98 Å². The van der Waals surface area contributed by atoms with Gasteiger partial charge in [-0.25, -0.2) is 0 Å². The molecule has 0 aliphatic heterocycles. The van der Waals surface area contributed by atoms with Crippen molar-refractivity contribution in [3.63, 3.8) is 0 Å². The van der Waals surface area contributed by atoms with Gasteiger partial charge in [0.15, 0.2) is 0 Å². The van der Waals surface area contributed by atoms with Crippen LogP contribution in [0.25, 0.3) is 10.7 Å². The van der Waals surface area contributed by atoms with E-state index in [9.17, 15) is 4.79 Å². The third-order valence-electron chi connectivity index (χ3n) is 2.77. The maximum Gasteiger partial charge on any atom is 0.226 e. The molecule has 2 aromatic rings. The average molecular weight is 331 g/mol. The van der Waals surface area contributed by atoms with Crippen molar-refractivity contribution in [3.05, 3.63) is 23.4 Å². The fourth-order valence-corrected chi connectivity index (χ4v) is 2.32. The van der Waals surface area contributed by atoms with Crippen LogP contribution >= 0.6 is 23.7 Å². The van der Waals surface area contributed by atoms with Crippen LogP contribution in [0.4, 0.5) is 0 Å². The second-order valence-corrected chi connectivity index (χ2v) is 5.49. The molecule has 3 N–H and O–H groups in total. The number of nitrogens with two attached hydrogens (primary N) is 1. The number of carbonyl (C=O) groups is 1. The fourth-order valence-electron chi connectivity index (χ4n) is 1.67. The smallest absolute Gasteiger partial charge is 0.226 e. The summed E-state index contributed by atoms with van der Waals surface area (Å²) in [6.07, 6.45) is 1.71. The normalized spacial score (nSPS) is 11.7. The number of halogens is 1. The standard InChI is InChI=1S/C13H18N4O2S.ClH/c1-9(8-14)15-11(18)5-2-6-12-16-13(17-19-12)10-4-3-7-20-10;/h3-4,7,9H,2,5-6,8,14H2,1H3,(H,15,18);1H/t9-;/m0./s1. The van der Waals surface area contributed by atoms with Crippen LogP contribution in [0.5, 0.6) is 0 Å². The van der Waals surface area contributed by atoms with Gasteiger partial charge in [0, 0.05) is 25.4 Å². The van der Waals surface area contributed by atoms with Gasteiger partial charge >= 0.3 is 0 Å². The van der Waals surface area contributed by atoms with E-state index in [2.05, 4.69) is 15.5 Å². The summed E-state index contributed by atoms with van der Waals surface area (Å²) in [6, 6.07) is 3.90. The Morgan fingerprint density at radius 1 is 1.57 bits per heavy atom. The van der Waals surface area contributed by atoms with E-state index >= 15 is 0 Å². The minimum atomic E-state index is 0. The summed E-state index contributed by atoms with van der Waals surface area (Å²) in [5.41, 5.74) is 5.44. The molecule has 0 aliphatic carbocycles. The number of hydrogen-bond donors (Lipinski definition) is 2. The lowest BCUT2D eigenvalue weighted by atomic mass is 10.2. The highest BCUT2D eigenvalue weighted by Crippen LogP contribution is 2.21. The monoisotopic (exact) mass is 330 g/mol. The number of rotatable bonds is 7. The van der Waals surface area contributed by atoms with Gasteiger partial charge in [0.05, 0.1) is 4.88 Å². The SMILES string of the molecule is C[C@@H](CN)NC(=O)CCCc1nc(-c2cccs2)no1.Cl. The first-order chi connectivity index (χ1) is 9.69. The van der Waals surface area contributed by atoms with Crippen LogP contribution in [-0.2, 0) is 11.2 Å². The third kappa shape index (κ3) is 5.45. The summed E-state index contributed by atoms with van der Waals surface area (Å²) in [6.45, 7) is 2.32. The number of aryl methyl sites for hydroxylation is 1. The molecule has 0 saturated heterocycles. The molecule has 6 nitrogen and oxygen atoms in total. The molecule has 0 bridgehead atoms. The lowest BCUT2D eigenvalue weighted by Crippen LogP contribution is -2.37. The van der Waals surface area contributed by atoms with Crippen LogP contribution in [0.3, 0.4) is 0 Å². The molecule has 1 amide bonds. The Bertz CT molecular complexity index is 544. The topological polar surface area (TPSA) is 94.0 Å². The molecule has 0 aliphatic rings. The van der Waals surface area contributed by atoms with Gasteiger partial charge in [-0.15, -0.1) is 23.7 Å². The zero-order chi connectivity index (χ0) is 14.4. The predicted molar refractivity (Wildman–Crippen MR) is 84.5 cm³/mol. The maximum absolute atomic E-state index is 11.6. The van der Waals surface area contributed by atoms with Crippen molar-refractivity contribution in [2.24, 2.45) is 5.73 Å². The van der Waals surface area contributed by atoms with Crippen molar-refractivity contribution >= 4 is 29.7 Å². The summed E-state index contributed by atoms with van der Waals surface area (Å²) in [4.78, 5) is 16.9. The van der Waals surface area contributed by atoms with Crippen molar-refractivity contribution in [2.45, 2.75) is 32.2 Å². The van der Waals surface area contributed by atoms with Crippen molar-refractivity contribution in [1.29, 1.82) is 0 Å². The number of hydrogen-bond acceptors (Lipinski definition) is 6. The Hall–Kier alpha value is -1.44. The molecule has 8 heteroatoms. The Kier molecular flexibility index (Phi) is 7.35. The molecule has 1 atom stereocenters. The molecule has 0 unspecified atom stereocenters. The van der Waals surface area contributed by atoms with Gasteiger partial charge in [-0.1, -0.05) is 11.2 Å². The van der Waals surface area contributed by atoms with Crippen LogP contribution in [0.15, 0.2) is 22.0 Å². The lowest BCUT2D eigenvalue weighted by molar-refractivity contribution is -0.121. The van der Waals surface area contributed by atoms with Gasteiger partial charge in [-0.05, 0) is 24.8 Å². The molecule has 2 aromatic heterocycles. The minimum Gasteiger partial charge on any atom is -0.352 e. The van der Waals surface area contributed by atoms with Gasteiger partial charge < -0.3 is 15.6 Å². The van der Waals surface area contributed by atoms with Crippen molar-refractivity contribution in [3.8, 4) is 10.7 Å². The molecule has 0 aromatic carbocycles. The summed E-state index contributed by atoms with van der Waals surface area (Å²) in [5, 5.41) is 8.71. The van der Waals surface area contributed by atoms with Crippen LogP contribution in [0.1, 0.15) is 25.7 Å². The molecule has 2 heterocycles. The van der Waals surface area contributed by atoms with E-state index in [1.165, 1.54) is 0 Å². The predicted octanol–water partition coefficient (Wildman–Crippen LogP) is 2.01. The van der Waals surface area contributed by atoms with Gasteiger partial charge in [0.25, 0.3) is 0 Å². The van der Waals surface area contributed by atoms with E-state index in [0.29, 0.717) is 37.5 Å². The first-order valence-electron chi connectivity index (χ1n) is 6.55. The lowest BCUT2D eigenvalue weighted by Gasteiger charge is -2.10. The van der Waals surface area contributed by atoms with E-state index in [4.69, 9.17) is 10.3 Å². The molecule has 0 spiro atoms. The highest BCUT2D eigenvalue weighted by Gasteiger charge is 2.10. The molecule has 0 saturated carbocycles. The first-order valence-corrected chi connectivity index (χ1v) is 7.43. The average Bonchev–Trinajstić information content (AvgIpc) is 3.08. The van der Waals surface area contributed by atoms with Gasteiger partial charge in [0.1, 0.15) is 0 Å². The summed E-state index contributed by atoms with van der Waals surface area (Å²) in [7, 11) is 0. The zero-order valence-electron chi connectivity index (χ0n) is 11.7. The summed E-state index contributed by atoms with van der Waals surface area (Å²) < 4.78 is 5.17. The van der Waals surface area contributed by atoms with E-state index in [1.807, 2.05) is 24.4 Å². The zero-order valence-corrected chi connectivity index (χ0v) is 13.4. The van der Waals surface area contributed by atoms with E-state index in [0.717, 1.165) is 4.88 Å². The van der Waals surface area contributed by atoms with Crippen LogP contribution < -0.4 is 11.1 Å². The highest BCUT2D eigenvalue weighted by atomic mass is 35.5. The Balaban J connectivity index is 0.00000220. The van der Waals surface area contributed by atoms with Crippen molar-refractivity contribution < 1.29 is 9.32 Å². The Morgan fingerprint density at radius 2 is 2.38 bits per heavy atom. The van der Waals surface area contributed by atoms with Crippen LogP contribution in [0, 0.1) is 0 Å². The van der Waals surface area contributed by atoms with Gasteiger partial charge in [-0.3, -0.25) is 4.79 Å². The highest BCUT2D eigenvalue weighted by molar-refractivity contribution is 7.13. The number of amides is 1. The van der Waals surface area contributed by atoms with Gasteiger partial charge in [0.2, 0.25) is 17.6 Å². The summed E-state index contributed by atoms with van der Waals surface area (Å²) >= 11 is 1.57. The number of nitrogens with zero attached hydrogens (tertiary/aromatic N) is 2. The first kappa shape index (κ1) is 17.6. The van der Waals surface area contributed by atoms with E-state index in [1.54, 1.807) is 11.3 Å². The molecular weight excluding hydrogens is 312 g/mol. The van der Waals surface area contributed by atoms with Crippen molar-refractivity contribution in [2.75, 3.05) is 6.54 Å². The molecular formula is C13H19ClN4O2S. The van der Waals surface area contributed by atoms with Crippen molar-refractivity contribution in [1.82, 2.24) is 15.5 Å². The second kappa shape index (κ2) is 8.76. The number of thiophene rings is 1. The fraction of sp³-hybridized carbons (Fsp3) is 0.462. The summed E-state index contributed by atoms with van der Waals surface area (Å²) in [5.74, 6) is 1.17. The molecule has 0 fully saturated rings. The third-order valence-corrected chi connectivity index (χ3v) is 3.63. The number of carbonyl (C=O) groups excluding carboxylic acids is 1. The minimum absolute atomic E-state index is 0.